The molecule has 0 radical (unpaired) electrons. The van der Waals surface area contributed by atoms with Crippen LogP contribution in [0.5, 0.6) is 0 Å². The van der Waals surface area contributed by atoms with Crippen LogP contribution in [0.3, 0.4) is 0 Å². The standard InChI is InChI=1S/C20H24N4O.C2H4O2/c1-4-23-20(24-15-6-8-17(22)14(10-15)11-21)19-13(3)25-18-9-12(2)5-7-16(18)19;1-4-2-3/h4,6,8,10-12,21H,1,5,7,9,22H2,2-3H3,(H,23,24);2H,1H3. The molecule has 1 aliphatic carbocycles. The number of carbonyl (C=O) groups excluding carboxylic acids is 1. The summed E-state index contributed by atoms with van der Waals surface area (Å²) in [6.45, 7) is 8.35. The van der Waals surface area contributed by atoms with E-state index in [4.69, 9.17) is 20.4 Å². The van der Waals surface area contributed by atoms with Crippen LogP contribution in [-0.4, -0.2) is 25.6 Å². The van der Waals surface area contributed by atoms with E-state index in [1.165, 1.54) is 25.1 Å². The quantitative estimate of drug-likeness (QED) is 0.305. The maximum absolute atomic E-state index is 8.95. The number of hydrogen-bond donors (Lipinski definition) is 3. The molecule has 0 amide bonds. The lowest BCUT2D eigenvalue weighted by molar-refractivity contribution is -0.126. The van der Waals surface area contributed by atoms with E-state index >= 15 is 0 Å². The van der Waals surface area contributed by atoms with E-state index in [1.807, 2.05) is 19.1 Å². The molecule has 7 heteroatoms. The number of aliphatic imine (C=N–C) groups is 1. The minimum absolute atomic E-state index is 0.375. The van der Waals surface area contributed by atoms with Crippen LogP contribution in [0.1, 0.15) is 41.6 Å². The van der Waals surface area contributed by atoms with Crippen molar-refractivity contribution in [1.82, 2.24) is 0 Å². The molecule has 1 aliphatic rings. The Balaban J connectivity index is 0.000000687. The summed E-state index contributed by atoms with van der Waals surface area (Å²) in [5.74, 6) is 3.30. The van der Waals surface area contributed by atoms with Crippen molar-refractivity contribution in [3.8, 4) is 0 Å². The summed E-state index contributed by atoms with van der Waals surface area (Å²) in [6.07, 6.45) is 5.89. The van der Waals surface area contributed by atoms with Gasteiger partial charge in [-0.3, -0.25) is 4.79 Å². The number of ether oxygens (including phenoxy) is 1. The van der Waals surface area contributed by atoms with Crippen molar-refractivity contribution >= 4 is 29.9 Å². The molecule has 0 spiro atoms. The highest BCUT2D eigenvalue weighted by molar-refractivity contribution is 6.10. The van der Waals surface area contributed by atoms with Crippen molar-refractivity contribution in [3.63, 3.8) is 0 Å². The molecule has 1 aromatic heterocycles. The smallest absolute Gasteiger partial charge is 0.292 e. The second-order valence-electron chi connectivity index (χ2n) is 6.89. The van der Waals surface area contributed by atoms with Gasteiger partial charge in [-0.1, -0.05) is 13.5 Å². The molecule has 1 atom stereocenters. The lowest BCUT2D eigenvalue weighted by atomic mass is 9.87. The van der Waals surface area contributed by atoms with Gasteiger partial charge in [-0.25, -0.2) is 4.99 Å². The van der Waals surface area contributed by atoms with Crippen LogP contribution in [0.2, 0.25) is 0 Å². The van der Waals surface area contributed by atoms with Crippen LogP contribution in [0.25, 0.3) is 0 Å². The fourth-order valence-electron chi connectivity index (χ4n) is 3.36. The van der Waals surface area contributed by atoms with Gasteiger partial charge in [-0.15, -0.1) is 0 Å². The molecular weight excluding hydrogens is 368 g/mol. The van der Waals surface area contributed by atoms with Gasteiger partial charge in [-0.05, 0) is 43.9 Å². The zero-order valence-corrected chi connectivity index (χ0v) is 17.1. The van der Waals surface area contributed by atoms with E-state index < -0.39 is 0 Å². The molecule has 7 nitrogen and oxygen atoms in total. The molecule has 1 aromatic carbocycles. The maximum atomic E-state index is 8.95. The summed E-state index contributed by atoms with van der Waals surface area (Å²) in [5.41, 5.74) is 10.2. The first-order valence-corrected chi connectivity index (χ1v) is 9.38. The normalized spacial score (nSPS) is 15.4. The lowest BCUT2D eigenvalue weighted by Crippen LogP contribution is -2.18. The Morgan fingerprint density at radius 3 is 2.83 bits per heavy atom. The van der Waals surface area contributed by atoms with Gasteiger partial charge in [0.15, 0.2) is 0 Å². The van der Waals surface area contributed by atoms with Gasteiger partial charge in [0.2, 0.25) is 0 Å². The van der Waals surface area contributed by atoms with Crippen molar-refractivity contribution in [1.29, 1.82) is 5.41 Å². The number of nitrogen functional groups attached to an aromatic ring is 1. The van der Waals surface area contributed by atoms with Crippen LogP contribution in [0, 0.1) is 18.3 Å². The monoisotopic (exact) mass is 396 g/mol. The molecule has 0 aliphatic heterocycles. The first kappa shape index (κ1) is 21.9. The molecule has 0 saturated heterocycles. The van der Waals surface area contributed by atoms with Crippen LogP contribution >= 0.6 is 0 Å². The number of furan rings is 1. The predicted molar refractivity (Wildman–Crippen MR) is 117 cm³/mol. The SMILES string of the molecule is C=CN=C(Nc1ccc(N)c(C=N)c1)c1c(C)oc2c1CCC(C)C2.COC=O. The van der Waals surface area contributed by atoms with Crippen molar-refractivity contribution in [2.24, 2.45) is 10.9 Å². The number of rotatable bonds is 5. The van der Waals surface area contributed by atoms with Crippen molar-refractivity contribution < 1.29 is 13.9 Å². The van der Waals surface area contributed by atoms with Crippen LogP contribution in [0.15, 0.2) is 40.4 Å². The third-order valence-corrected chi connectivity index (χ3v) is 4.75. The number of amidine groups is 1. The molecule has 0 fully saturated rings. The number of carbonyl (C=O) groups is 1. The second kappa shape index (κ2) is 10.3. The second-order valence-corrected chi connectivity index (χ2v) is 6.89. The van der Waals surface area contributed by atoms with Gasteiger partial charge >= 0.3 is 0 Å². The number of anilines is 2. The van der Waals surface area contributed by atoms with Gasteiger partial charge in [0.05, 0.1) is 12.7 Å². The summed E-state index contributed by atoms with van der Waals surface area (Å²) < 4.78 is 9.89. The summed E-state index contributed by atoms with van der Waals surface area (Å²) in [5, 5.41) is 10.8. The number of methoxy groups -OCH3 is 1. The molecule has 0 saturated carbocycles. The number of fused-ring (bicyclic) bond motifs is 1. The Labute approximate surface area is 171 Å². The van der Waals surface area contributed by atoms with E-state index in [1.54, 1.807) is 6.07 Å². The summed E-state index contributed by atoms with van der Waals surface area (Å²) in [6, 6.07) is 5.50. The van der Waals surface area contributed by atoms with Crippen LogP contribution in [-0.2, 0) is 22.4 Å². The first-order chi connectivity index (χ1) is 13.9. The molecule has 3 rings (SSSR count). The van der Waals surface area contributed by atoms with Gasteiger partial charge in [0.25, 0.3) is 6.47 Å². The minimum atomic E-state index is 0.375. The fraction of sp³-hybridized carbons (Fsp3) is 0.318. The van der Waals surface area contributed by atoms with E-state index in [0.717, 1.165) is 42.0 Å². The Bertz CT molecular complexity index is 915. The molecule has 29 heavy (non-hydrogen) atoms. The molecule has 4 N–H and O–H groups in total. The number of benzene rings is 1. The lowest BCUT2D eigenvalue weighted by Gasteiger charge is -2.18. The van der Waals surface area contributed by atoms with Crippen molar-refractivity contribution in [3.05, 3.63) is 59.2 Å². The third kappa shape index (κ3) is 5.34. The number of nitrogens with one attached hydrogen (secondary N) is 2. The maximum Gasteiger partial charge on any atom is 0.292 e. The average Bonchev–Trinajstić information content (AvgIpc) is 3.03. The summed E-state index contributed by atoms with van der Waals surface area (Å²) in [4.78, 5) is 13.4. The molecule has 2 aromatic rings. The van der Waals surface area contributed by atoms with Gasteiger partial charge in [0, 0.05) is 41.3 Å². The Hall–Kier alpha value is -3.35. The Morgan fingerprint density at radius 1 is 1.48 bits per heavy atom. The average molecular weight is 396 g/mol. The Kier molecular flexibility index (Phi) is 7.77. The van der Waals surface area contributed by atoms with E-state index in [-0.39, 0.29) is 0 Å². The van der Waals surface area contributed by atoms with Crippen molar-refractivity contribution in [2.45, 2.75) is 33.1 Å². The minimum Gasteiger partial charge on any atom is -0.471 e. The zero-order chi connectivity index (χ0) is 21.4. The summed E-state index contributed by atoms with van der Waals surface area (Å²) in [7, 11) is 1.31. The molecular formula is C22H28N4O3. The molecule has 1 unspecified atom stereocenters. The predicted octanol–water partition coefficient (Wildman–Crippen LogP) is 4.08. The van der Waals surface area contributed by atoms with E-state index in [0.29, 0.717) is 29.5 Å². The number of nitrogens with zero attached hydrogens (tertiary/aromatic N) is 1. The highest BCUT2D eigenvalue weighted by atomic mass is 16.5. The molecule has 1 heterocycles. The van der Waals surface area contributed by atoms with Gasteiger partial charge < -0.3 is 25.6 Å². The fourth-order valence-corrected chi connectivity index (χ4v) is 3.36. The van der Waals surface area contributed by atoms with E-state index in [9.17, 15) is 0 Å². The van der Waals surface area contributed by atoms with Gasteiger partial charge in [0.1, 0.15) is 17.4 Å². The summed E-state index contributed by atoms with van der Waals surface area (Å²) >= 11 is 0. The third-order valence-electron chi connectivity index (χ3n) is 4.75. The van der Waals surface area contributed by atoms with Crippen LogP contribution in [0.4, 0.5) is 11.4 Å². The van der Waals surface area contributed by atoms with Crippen molar-refractivity contribution in [2.75, 3.05) is 18.2 Å². The zero-order valence-electron chi connectivity index (χ0n) is 17.1. The highest BCUT2D eigenvalue weighted by Gasteiger charge is 2.26. The number of aryl methyl sites for hydroxylation is 1. The first-order valence-electron chi connectivity index (χ1n) is 9.38. The molecule has 0 bridgehead atoms. The van der Waals surface area contributed by atoms with E-state index in [2.05, 4.69) is 28.5 Å². The van der Waals surface area contributed by atoms with Gasteiger partial charge in [-0.2, -0.15) is 0 Å². The topological polar surface area (TPSA) is 114 Å². The molecule has 154 valence electrons. The van der Waals surface area contributed by atoms with Crippen LogP contribution < -0.4 is 11.1 Å². The number of nitrogens with two attached hydrogens (primary N) is 1. The number of hydrogen-bond acceptors (Lipinski definition) is 6. The Morgan fingerprint density at radius 2 is 2.21 bits per heavy atom. The highest BCUT2D eigenvalue weighted by Crippen LogP contribution is 2.33. The largest absolute Gasteiger partial charge is 0.471 e.